The van der Waals surface area contributed by atoms with E-state index in [4.69, 9.17) is 18.6 Å². The Hall–Kier alpha value is -4.31. The maximum Gasteiger partial charge on any atom is 0.302 e. The van der Waals surface area contributed by atoms with Gasteiger partial charge in [-0.15, -0.1) is 0 Å². The molecule has 1 saturated heterocycles. The summed E-state index contributed by atoms with van der Waals surface area (Å²) in [5.74, 6) is 0.599. The number of methoxy groups -OCH3 is 1. The van der Waals surface area contributed by atoms with Crippen molar-refractivity contribution in [2.24, 2.45) is 0 Å². The predicted molar refractivity (Wildman–Crippen MR) is 132 cm³/mol. The number of carbonyl (C=O) groups excluding carboxylic acids is 2. The smallest absolute Gasteiger partial charge is 0.302 e. The van der Waals surface area contributed by atoms with Crippen molar-refractivity contribution in [1.29, 1.82) is 0 Å². The third-order valence-corrected chi connectivity index (χ3v) is 7.10. The molecule has 4 heterocycles. The summed E-state index contributed by atoms with van der Waals surface area (Å²) in [4.78, 5) is 32.6. The normalized spacial score (nSPS) is 18.7. The second-order valence-electron chi connectivity index (χ2n) is 8.31. The summed E-state index contributed by atoms with van der Waals surface area (Å²) in [6, 6.07) is 12.7. The van der Waals surface area contributed by atoms with Crippen molar-refractivity contribution in [3.63, 3.8) is 0 Å². The second kappa shape index (κ2) is 8.42. The number of anilines is 1. The number of amides is 1. The van der Waals surface area contributed by atoms with Crippen LogP contribution in [-0.4, -0.2) is 42.1 Å². The van der Waals surface area contributed by atoms with Crippen molar-refractivity contribution in [2.45, 2.75) is 13.0 Å². The van der Waals surface area contributed by atoms with Gasteiger partial charge in [0.2, 0.25) is 0 Å². The molecule has 2 aliphatic heterocycles. The van der Waals surface area contributed by atoms with Gasteiger partial charge in [0.15, 0.2) is 16.6 Å². The first-order chi connectivity index (χ1) is 17.4. The fourth-order valence-corrected chi connectivity index (χ4v) is 5.39. The maximum atomic E-state index is 13.4. The molecule has 182 valence electrons. The summed E-state index contributed by atoms with van der Waals surface area (Å²) in [5, 5.41) is 11.6. The average molecular weight is 505 g/mol. The molecule has 2 aromatic carbocycles. The van der Waals surface area contributed by atoms with Gasteiger partial charge in [0.1, 0.15) is 42.3 Å². The lowest BCUT2D eigenvalue weighted by atomic mass is 9.99. The monoisotopic (exact) mass is 504 g/mol. The quantitative estimate of drug-likeness (QED) is 0.244. The number of thiazole rings is 1. The van der Waals surface area contributed by atoms with Crippen molar-refractivity contribution in [1.82, 2.24) is 4.98 Å². The number of Topliss-reactive ketones (excluding diaryl/α,β-unsaturated/α-hetero) is 1. The molecule has 6 rings (SSSR count). The van der Waals surface area contributed by atoms with Crippen LogP contribution in [0.3, 0.4) is 0 Å². The number of aryl methyl sites for hydroxylation is 1. The van der Waals surface area contributed by atoms with Gasteiger partial charge >= 0.3 is 5.91 Å². The first-order valence-corrected chi connectivity index (χ1v) is 12.0. The molecule has 9 nitrogen and oxygen atoms in total. The number of aliphatic hydroxyl groups excluding tert-OH is 1. The van der Waals surface area contributed by atoms with Crippen molar-refractivity contribution in [3.8, 4) is 17.2 Å². The van der Waals surface area contributed by atoms with Gasteiger partial charge in [-0.05, 0) is 55.5 Å². The molecule has 1 fully saturated rings. The summed E-state index contributed by atoms with van der Waals surface area (Å²) in [5.41, 5.74) is 0.876. The van der Waals surface area contributed by atoms with E-state index in [2.05, 4.69) is 4.98 Å². The van der Waals surface area contributed by atoms with E-state index < -0.39 is 17.7 Å². The number of ketones is 1. The Morgan fingerprint density at radius 3 is 2.64 bits per heavy atom. The van der Waals surface area contributed by atoms with E-state index in [0.29, 0.717) is 58.2 Å². The molecule has 10 heteroatoms. The molecule has 2 aromatic heterocycles. The van der Waals surface area contributed by atoms with Gasteiger partial charge in [0, 0.05) is 5.56 Å². The number of benzene rings is 2. The summed E-state index contributed by atoms with van der Waals surface area (Å²) in [6.07, 6.45) is 0. The zero-order valence-corrected chi connectivity index (χ0v) is 20.1. The van der Waals surface area contributed by atoms with E-state index in [1.807, 2.05) is 6.07 Å². The number of ether oxygens (including phenoxy) is 3. The van der Waals surface area contributed by atoms with Crippen LogP contribution < -0.4 is 19.1 Å². The Morgan fingerprint density at radius 2 is 1.89 bits per heavy atom. The lowest BCUT2D eigenvalue weighted by molar-refractivity contribution is -0.132. The summed E-state index contributed by atoms with van der Waals surface area (Å²) >= 11 is 1.24. The molecule has 1 unspecified atom stereocenters. The standard InChI is InChI=1S/C26H20N2O7S/c1-13-3-7-18(35-13)22-21(23(29)14-4-8-17-19(11-14)34-10-9-33-17)24(30)25(31)28(22)26-27-16-6-5-15(32-2)12-20(16)36-26/h3-8,11-12,22,29H,9-10H2,1-2H3. The Kier molecular flexibility index (Phi) is 5.18. The van der Waals surface area contributed by atoms with Gasteiger partial charge in [-0.2, -0.15) is 0 Å². The molecule has 0 saturated carbocycles. The molecule has 0 radical (unpaired) electrons. The molecule has 4 aromatic rings. The van der Waals surface area contributed by atoms with Gasteiger partial charge in [-0.25, -0.2) is 4.98 Å². The lowest BCUT2D eigenvalue weighted by Crippen LogP contribution is -2.29. The van der Waals surface area contributed by atoms with Gasteiger partial charge in [-0.3, -0.25) is 14.5 Å². The van der Waals surface area contributed by atoms with Crippen LogP contribution >= 0.6 is 11.3 Å². The van der Waals surface area contributed by atoms with Crippen LogP contribution in [0.4, 0.5) is 5.13 Å². The zero-order valence-electron chi connectivity index (χ0n) is 19.3. The first kappa shape index (κ1) is 22.2. The molecule has 0 aliphatic carbocycles. The van der Waals surface area contributed by atoms with Crippen LogP contribution in [0, 0.1) is 6.92 Å². The van der Waals surface area contributed by atoms with Crippen molar-refractivity contribution >= 4 is 44.1 Å². The van der Waals surface area contributed by atoms with Crippen LogP contribution in [0.2, 0.25) is 0 Å². The highest BCUT2D eigenvalue weighted by molar-refractivity contribution is 7.22. The van der Waals surface area contributed by atoms with E-state index in [1.165, 1.54) is 16.2 Å². The van der Waals surface area contributed by atoms with E-state index in [1.54, 1.807) is 56.5 Å². The molecule has 1 atom stereocenters. The van der Waals surface area contributed by atoms with Gasteiger partial charge in [0.05, 0.1) is 22.9 Å². The van der Waals surface area contributed by atoms with Crippen LogP contribution in [-0.2, 0) is 9.59 Å². The first-order valence-electron chi connectivity index (χ1n) is 11.2. The molecular weight excluding hydrogens is 484 g/mol. The minimum atomic E-state index is -1.01. The lowest BCUT2D eigenvalue weighted by Gasteiger charge is -2.21. The van der Waals surface area contributed by atoms with Gasteiger partial charge in [0.25, 0.3) is 5.78 Å². The molecule has 1 N–H and O–H groups in total. The minimum Gasteiger partial charge on any atom is -0.507 e. The van der Waals surface area contributed by atoms with E-state index >= 15 is 0 Å². The third-order valence-electron chi connectivity index (χ3n) is 6.08. The predicted octanol–water partition coefficient (Wildman–Crippen LogP) is 4.60. The highest BCUT2D eigenvalue weighted by atomic mass is 32.1. The number of hydrogen-bond donors (Lipinski definition) is 1. The third kappa shape index (κ3) is 3.49. The summed E-state index contributed by atoms with van der Waals surface area (Å²) in [7, 11) is 1.57. The van der Waals surface area contributed by atoms with E-state index in [9.17, 15) is 14.7 Å². The summed E-state index contributed by atoms with van der Waals surface area (Å²) in [6.45, 7) is 2.56. The van der Waals surface area contributed by atoms with E-state index in [0.717, 1.165) is 4.70 Å². The van der Waals surface area contributed by atoms with Crippen molar-refractivity contribution in [3.05, 3.63) is 71.2 Å². The van der Waals surface area contributed by atoms with Crippen LogP contribution in [0.1, 0.15) is 23.1 Å². The molecule has 1 amide bonds. The fraction of sp³-hybridized carbons (Fsp3) is 0.192. The number of nitrogens with zero attached hydrogens (tertiary/aromatic N) is 2. The van der Waals surface area contributed by atoms with Gasteiger partial charge < -0.3 is 23.7 Å². The van der Waals surface area contributed by atoms with Crippen molar-refractivity contribution < 1.29 is 33.3 Å². The van der Waals surface area contributed by atoms with Crippen LogP contribution in [0.25, 0.3) is 16.0 Å². The number of aliphatic hydroxyl groups is 1. The Labute approximate surface area is 209 Å². The highest BCUT2D eigenvalue weighted by Gasteiger charge is 2.49. The molecule has 0 bridgehead atoms. The Bertz CT molecular complexity index is 1570. The number of hydrogen-bond acceptors (Lipinski definition) is 9. The number of fused-ring (bicyclic) bond motifs is 2. The molecule has 2 aliphatic rings. The summed E-state index contributed by atoms with van der Waals surface area (Å²) < 4.78 is 23.1. The Morgan fingerprint density at radius 1 is 1.08 bits per heavy atom. The van der Waals surface area contributed by atoms with Gasteiger partial charge in [-0.1, -0.05) is 11.3 Å². The average Bonchev–Trinajstić information content (AvgIpc) is 3.58. The molecule has 0 spiro atoms. The molecule has 36 heavy (non-hydrogen) atoms. The minimum absolute atomic E-state index is 0.0946. The number of aromatic nitrogens is 1. The van der Waals surface area contributed by atoms with Crippen molar-refractivity contribution in [2.75, 3.05) is 25.2 Å². The SMILES string of the molecule is COc1ccc2nc(N3C(=O)C(=O)C(=C(O)c4ccc5c(c4)OCCO5)C3c3ccc(C)o3)sc2c1. The van der Waals surface area contributed by atoms with Crippen LogP contribution in [0.5, 0.6) is 17.2 Å². The molecular formula is C26H20N2O7S. The highest BCUT2D eigenvalue weighted by Crippen LogP contribution is 2.45. The Balaban J connectivity index is 1.52. The second-order valence-corrected chi connectivity index (χ2v) is 9.32. The number of carbonyl (C=O) groups is 2. The maximum absolute atomic E-state index is 13.4. The fourth-order valence-electron chi connectivity index (χ4n) is 4.37. The largest absolute Gasteiger partial charge is 0.507 e. The number of rotatable bonds is 4. The number of furan rings is 1. The van der Waals surface area contributed by atoms with E-state index in [-0.39, 0.29) is 11.3 Å². The topological polar surface area (TPSA) is 111 Å². The zero-order chi connectivity index (χ0) is 25.0. The van der Waals surface area contributed by atoms with Crippen LogP contribution in [0.15, 0.2) is 58.5 Å².